The summed E-state index contributed by atoms with van der Waals surface area (Å²) in [7, 11) is -0.0976. The standard InChI is InChI=1S/C16H18BrClN5O5S/c1-9-5-6-10(18)14(13(9)17)20-29(26,27)15-19-11-7-12(24)21(2)23(11,3)8-22(15)16(25)28-4/h5-7,20H,8H2,1-4H3/q+1. The summed E-state index contributed by atoms with van der Waals surface area (Å²) < 4.78 is 33.7. The molecule has 156 valence electrons. The molecule has 0 aromatic heterocycles. The Bertz CT molecular complexity index is 1090. The number of benzene rings is 1. The summed E-state index contributed by atoms with van der Waals surface area (Å²) in [5.74, 6) is -0.195. The average Bonchev–Trinajstić information content (AvgIpc) is 2.89. The highest BCUT2D eigenvalue weighted by atomic mass is 79.9. The number of likely N-dealkylation sites (N-methyl/N-ethyl adjacent to an activating group) is 1. The fourth-order valence-electron chi connectivity index (χ4n) is 2.90. The Morgan fingerprint density at radius 3 is 2.69 bits per heavy atom. The van der Waals surface area contributed by atoms with Crippen LogP contribution in [0.5, 0.6) is 0 Å². The molecule has 1 N–H and O–H groups in total. The Morgan fingerprint density at radius 1 is 1.41 bits per heavy atom. The first-order chi connectivity index (χ1) is 13.4. The van der Waals surface area contributed by atoms with E-state index < -0.39 is 21.3 Å². The number of nitrogens with one attached hydrogen (secondary N) is 1. The molecule has 0 saturated heterocycles. The number of methoxy groups -OCH3 is 1. The lowest BCUT2D eigenvalue weighted by Gasteiger charge is -2.40. The molecule has 1 unspecified atom stereocenters. The van der Waals surface area contributed by atoms with Gasteiger partial charge in [0.15, 0.2) is 6.67 Å². The number of rotatable bonds is 2. The fraction of sp³-hybridized carbons (Fsp3) is 0.312. The highest BCUT2D eigenvalue weighted by Crippen LogP contribution is 2.36. The summed E-state index contributed by atoms with van der Waals surface area (Å²) in [6, 6.07) is 3.26. The Hall–Kier alpha value is -2.15. The predicted molar refractivity (Wildman–Crippen MR) is 110 cm³/mol. The van der Waals surface area contributed by atoms with Crippen molar-refractivity contribution < 1.29 is 27.3 Å². The number of sulfonamides is 1. The predicted octanol–water partition coefficient (Wildman–Crippen LogP) is 2.22. The Labute approximate surface area is 181 Å². The number of aliphatic imine (C=N–C) groups is 1. The molecule has 1 aromatic carbocycles. The molecule has 29 heavy (non-hydrogen) atoms. The van der Waals surface area contributed by atoms with Gasteiger partial charge in [0.25, 0.3) is 26.9 Å². The van der Waals surface area contributed by atoms with Gasteiger partial charge in [-0.3, -0.25) is 9.52 Å². The van der Waals surface area contributed by atoms with E-state index in [-0.39, 0.29) is 33.7 Å². The summed E-state index contributed by atoms with van der Waals surface area (Å²) in [6.07, 6.45) is 0.286. The highest BCUT2D eigenvalue weighted by molar-refractivity contribution is 9.10. The molecule has 10 nitrogen and oxygen atoms in total. The molecule has 2 aliphatic rings. The summed E-state index contributed by atoms with van der Waals surface area (Å²) in [6.45, 7) is 1.56. The summed E-state index contributed by atoms with van der Waals surface area (Å²) in [5.41, 5.74) is 0.855. The van der Waals surface area contributed by atoms with Crippen LogP contribution in [0.2, 0.25) is 5.02 Å². The van der Waals surface area contributed by atoms with Crippen LogP contribution in [0.1, 0.15) is 5.56 Å². The molecule has 0 fully saturated rings. The van der Waals surface area contributed by atoms with Crippen LogP contribution in [-0.2, 0) is 19.6 Å². The largest absolute Gasteiger partial charge is 0.452 e. The van der Waals surface area contributed by atoms with Gasteiger partial charge in [0.05, 0.1) is 38.0 Å². The van der Waals surface area contributed by atoms with E-state index in [4.69, 9.17) is 16.3 Å². The zero-order chi connectivity index (χ0) is 21.7. The first-order valence-corrected chi connectivity index (χ1v) is 10.9. The van der Waals surface area contributed by atoms with Gasteiger partial charge in [0, 0.05) is 4.47 Å². The monoisotopic (exact) mass is 506 g/mol. The molecule has 2 amide bonds. The smallest absolute Gasteiger partial charge is 0.420 e. The van der Waals surface area contributed by atoms with Crippen molar-refractivity contribution in [3.8, 4) is 0 Å². The first kappa shape index (κ1) is 21.6. The zero-order valence-corrected chi connectivity index (χ0v) is 19.1. The van der Waals surface area contributed by atoms with Gasteiger partial charge in [-0.15, -0.1) is 0 Å². The number of aryl methyl sites for hydroxylation is 1. The second kappa shape index (κ2) is 7.27. The van der Waals surface area contributed by atoms with Crippen LogP contribution < -0.4 is 4.72 Å². The van der Waals surface area contributed by atoms with Gasteiger partial charge in [-0.2, -0.15) is 27.9 Å². The maximum atomic E-state index is 13.2. The third-order valence-electron chi connectivity index (χ3n) is 4.74. The van der Waals surface area contributed by atoms with E-state index in [1.807, 2.05) is 0 Å². The van der Waals surface area contributed by atoms with Gasteiger partial charge in [-0.1, -0.05) is 17.7 Å². The van der Waals surface area contributed by atoms with Gasteiger partial charge in [-0.25, -0.2) is 4.79 Å². The molecular formula is C16H18BrClN5O5S+. The average molecular weight is 508 g/mol. The molecular weight excluding hydrogens is 490 g/mol. The SMILES string of the molecule is COC(=O)N1C[N+]2(C)C(=CC(=O)N2C)N=C1S(=O)(=O)Nc1c(Cl)ccc(C)c1Br. The van der Waals surface area contributed by atoms with Gasteiger partial charge in [-0.05, 0) is 34.5 Å². The van der Waals surface area contributed by atoms with Crippen molar-refractivity contribution >= 4 is 60.4 Å². The maximum absolute atomic E-state index is 13.2. The molecule has 0 aliphatic carbocycles. The van der Waals surface area contributed by atoms with Crippen molar-refractivity contribution in [3.63, 3.8) is 0 Å². The number of carbonyl (C=O) groups is 2. The lowest BCUT2D eigenvalue weighted by molar-refractivity contribution is -0.974. The molecule has 0 spiro atoms. The number of amidine groups is 1. The Balaban J connectivity index is 2.12. The van der Waals surface area contributed by atoms with E-state index in [1.165, 1.54) is 18.1 Å². The number of hydrogen-bond donors (Lipinski definition) is 1. The van der Waals surface area contributed by atoms with Crippen LogP contribution >= 0.6 is 27.5 Å². The second-order valence-electron chi connectivity index (χ2n) is 6.60. The number of quaternary nitrogens is 1. The summed E-state index contributed by atoms with van der Waals surface area (Å²) in [4.78, 5) is 29.4. The number of hydrogen-bond acceptors (Lipinski definition) is 6. The van der Waals surface area contributed by atoms with Crippen LogP contribution in [0.25, 0.3) is 0 Å². The minimum Gasteiger partial charge on any atom is -0.452 e. The van der Waals surface area contributed by atoms with Crippen molar-refractivity contribution in [2.45, 2.75) is 6.92 Å². The van der Waals surface area contributed by atoms with E-state index in [9.17, 15) is 18.0 Å². The lowest BCUT2D eigenvalue weighted by Crippen LogP contribution is -2.63. The number of anilines is 1. The Morgan fingerprint density at radius 2 is 2.07 bits per heavy atom. The number of ether oxygens (including phenoxy) is 1. The normalized spacial score (nSPS) is 21.5. The molecule has 2 heterocycles. The minimum atomic E-state index is -4.37. The summed E-state index contributed by atoms with van der Waals surface area (Å²) >= 11 is 9.47. The molecule has 1 aromatic rings. The van der Waals surface area contributed by atoms with Gasteiger partial charge < -0.3 is 4.74 Å². The van der Waals surface area contributed by atoms with E-state index in [1.54, 1.807) is 26.1 Å². The first-order valence-electron chi connectivity index (χ1n) is 8.20. The van der Waals surface area contributed by atoms with Crippen LogP contribution in [-0.4, -0.2) is 68.0 Å². The second-order valence-corrected chi connectivity index (χ2v) is 9.37. The van der Waals surface area contributed by atoms with Gasteiger partial charge in [0.2, 0.25) is 0 Å². The van der Waals surface area contributed by atoms with Crippen LogP contribution in [0.15, 0.2) is 33.5 Å². The van der Waals surface area contributed by atoms with E-state index in [0.717, 1.165) is 17.6 Å². The molecule has 1 atom stereocenters. The zero-order valence-electron chi connectivity index (χ0n) is 15.9. The van der Waals surface area contributed by atoms with Crippen molar-refractivity contribution in [3.05, 3.63) is 39.1 Å². The van der Waals surface area contributed by atoms with Crippen LogP contribution in [0.4, 0.5) is 10.5 Å². The van der Waals surface area contributed by atoms with Crippen LogP contribution in [0, 0.1) is 6.92 Å². The maximum Gasteiger partial charge on any atom is 0.420 e. The third-order valence-corrected chi connectivity index (χ3v) is 7.34. The van der Waals surface area contributed by atoms with E-state index >= 15 is 0 Å². The van der Waals surface area contributed by atoms with Crippen molar-refractivity contribution in [1.29, 1.82) is 0 Å². The minimum absolute atomic E-state index is 0.107. The number of fused-ring (bicyclic) bond motifs is 1. The fourth-order valence-corrected chi connectivity index (χ4v) is 5.06. The van der Waals surface area contributed by atoms with Gasteiger partial charge >= 0.3 is 6.09 Å². The number of carbonyl (C=O) groups excluding carboxylic acids is 2. The van der Waals surface area contributed by atoms with Crippen molar-refractivity contribution in [2.75, 3.05) is 32.6 Å². The van der Waals surface area contributed by atoms with E-state index in [0.29, 0.717) is 4.47 Å². The molecule has 2 aliphatic heterocycles. The van der Waals surface area contributed by atoms with Crippen molar-refractivity contribution in [2.24, 2.45) is 4.99 Å². The Kier molecular flexibility index (Phi) is 5.41. The van der Waals surface area contributed by atoms with E-state index in [2.05, 4.69) is 25.6 Å². The topological polar surface area (TPSA) is 108 Å². The van der Waals surface area contributed by atoms with Crippen LogP contribution in [0.3, 0.4) is 0 Å². The summed E-state index contributed by atoms with van der Waals surface area (Å²) in [5, 5.41) is 0.890. The molecule has 3 rings (SSSR count). The molecule has 13 heteroatoms. The molecule has 0 saturated carbocycles. The lowest BCUT2D eigenvalue weighted by atomic mass is 10.2. The number of amides is 2. The third kappa shape index (κ3) is 3.50. The highest BCUT2D eigenvalue weighted by Gasteiger charge is 2.52. The molecule has 0 bridgehead atoms. The number of nitrogens with zero attached hydrogens (tertiary/aromatic N) is 4. The van der Waals surface area contributed by atoms with Gasteiger partial charge in [0.1, 0.15) is 0 Å². The van der Waals surface area contributed by atoms with Crippen molar-refractivity contribution in [1.82, 2.24) is 9.91 Å². The molecule has 0 radical (unpaired) electrons. The number of halogens is 2. The quantitative estimate of drug-likeness (QED) is 0.618.